The number of para-hydroxylation sites is 1. The van der Waals surface area contributed by atoms with Crippen molar-refractivity contribution < 1.29 is 13.2 Å². The van der Waals surface area contributed by atoms with Crippen LogP contribution in [0.2, 0.25) is 0 Å². The summed E-state index contributed by atoms with van der Waals surface area (Å²) in [7, 11) is -3.51. The van der Waals surface area contributed by atoms with Crippen molar-refractivity contribution in [3.05, 3.63) is 64.6 Å². The number of nitrogens with zero attached hydrogens (tertiary/aromatic N) is 2. The van der Waals surface area contributed by atoms with Crippen LogP contribution in [0.25, 0.3) is 10.8 Å². The van der Waals surface area contributed by atoms with Crippen molar-refractivity contribution in [2.24, 2.45) is 0 Å². The third kappa shape index (κ3) is 3.23. The number of fused-ring (bicyclic) bond motifs is 1. The van der Waals surface area contributed by atoms with Crippen LogP contribution in [0, 0.1) is 0 Å². The van der Waals surface area contributed by atoms with E-state index in [4.69, 9.17) is 0 Å². The largest absolute Gasteiger partial charge is 0.319 e. The predicted molar refractivity (Wildman–Crippen MR) is 99.2 cm³/mol. The van der Waals surface area contributed by atoms with Gasteiger partial charge in [0.1, 0.15) is 0 Å². The van der Waals surface area contributed by atoms with Crippen LogP contribution in [0.4, 0.5) is 5.69 Å². The van der Waals surface area contributed by atoms with Crippen molar-refractivity contribution in [3.63, 3.8) is 0 Å². The van der Waals surface area contributed by atoms with Crippen LogP contribution in [0.15, 0.2) is 58.2 Å². The first kappa shape index (κ1) is 17.8. The summed E-state index contributed by atoms with van der Waals surface area (Å²) in [5, 5.41) is 7.54. The number of aromatic nitrogens is 2. The SMILES string of the molecule is CCn1nc(C(=O)Nc2ccccc2S(C)(=O)=O)c2ccccc2c1=O. The minimum absolute atomic E-state index is 0.0152. The summed E-state index contributed by atoms with van der Waals surface area (Å²) in [6.07, 6.45) is 1.07. The third-order valence-electron chi connectivity index (χ3n) is 3.92. The van der Waals surface area contributed by atoms with Gasteiger partial charge < -0.3 is 5.32 Å². The Hall–Kier alpha value is -3.00. The molecule has 0 saturated heterocycles. The quantitative estimate of drug-likeness (QED) is 0.757. The van der Waals surface area contributed by atoms with E-state index in [1.54, 1.807) is 43.3 Å². The van der Waals surface area contributed by atoms with Crippen LogP contribution in [0.5, 0.6) is 0 Å². The van der Waals surface area contributed by atoms with Crippen molar-refractivity contribution in [2.75, 3.05) is 11.6 Å². The number of carbonyl (C=O) groups excluding carboxylic acids is 1. The molecule has 7 nitrogen and oxygen atoms in total. The Kier molecular flexibility index (Phi) is 4.60. The van der Waals surface area contributed by atoms with E-state index in [0.29, 0.717) is 17.3 Å². The molecule has 0 bridgehead atoms. The van der Waals surface area contributed by atoms with Gasteiger partial charge in [0.15, 0.2) is 15.5 Å². The van der Waals surface area contributed by atoms with E-state index >= 15 is 0 Å². The van der Waals surface area contributed by atoms with Gasteiger partial charge in [-0.15, -0.1) is 0 Å². The summed E-state index contributed by atoms with van der Waals surface area (Å²) < 4.78 is 25.0. The van der Waals surface area contributed by atoms with Crippen LogP contribution in [-0.4, -0.2) is 30.4 Å². The first-order valence-electron chi connectivity index (χ1n) is 7.93. The van der Waals surface area contributed by atoms with Gasteiger partial charge >= 0.3 is 0 Å². The molecule has 1 aromatic heterocycles. The summed E-state index contributed by atoms with van der Waals surface area (Å²) in [5.74, 6) is -0.584. The van der Waals surface area contributed by atoms with Gasteiger partial charge in [-0.1, -0.05) is 30.3 Å². The molecule has 0 aliphatic carbocycles. The highest BCUT2D eigenvalue weighted by atomic mass is 32.2. The molecule has 1 heterocycles. The second-order valence-corrected chi connectivity index (χ2v) is 7.72. The Morgan fingerprint density at radius 1 is 1.08 bits per heavy atom. The number of hydrogen-bond acceptors (Lipinski definition) is 5. The first-order valence-corrected chi connectivity index (χ1v) is 9.82. The van der Waals surface area contributed by atoms with E-state index in [1.807, 2.05) is 0 Å². The number of anilines is 1. The summed E-state index contributed by atoms with van der Waals surface area (Å²) in [6, 6.07) is 12.8. The van der Waals surface area contributed by atoms with Crippen molar-refractivity contribution in [1.29, 1.82) is 0 Å². The maximum absolute atomic E-state index is 12.8. The normalized spacial score (nSPS) is 11.5. The fourth-order valence-corrected chi connectivity index (χ4v) is 3.54. The van der Waals surface area contributed by atoms with Gasteiger partial charge in [0, 0.05) is 18.2 Å². The minimum Gasteiger partial charge on any atom is -0.319 e. The third-order valence-corrected chi connectivity index (χ3v) is 5.07. The maximum atomic E-state index is 12.8. The van der Waals surface area contributed by atoms with E-state index in [2.05, 4.69) is 10.4 Å². The highest BCUT2D eigenvalue weighted by Gasteiger charge is 2.19. The van der Waals surface area contributed by atoms with Crippen LogP contribution in [0.1, 0.15) is 17.4 Å². The van der Waals surface area contributed by atoms with Crippen LogP contribution in [0.3, 0.4) is 0 Å². The van der Waals surface area contributed by atoms with Gasteiger partial charge in [-0.2, -0.15) is 5.10 Å². The number of amides is 1. The Labute approximate surface area is 150 Å². The summed E-state index contributed by atoms with van der Waals surface area (Å²) in [6.45, 7) is 2.06. The molecule has 3 rings (SSSR count). The fraction of sp³-hybridized carbons (Fsp3) is 0.167. The molecule has 0 saturated carbocycles. The number of hydrogen-bond donors (Lipinski definition) is 1. The molecule has 0 fully saturated rings. The zero-order valence-electron chi connectivity index (χ0n) is 14.3. The molecule has 0 atom stereocenters. The highest BCUT2D eigenvalue weighted by molar-refractivity contribution is 7.90. The lowest BCUT2D eigenvalue weighted by atomic mass is 10.1. The van der Waals surface area contributed by atoms with E-state index in [0.717, 1.165) is 6.26 Å². The zero-order valence-corrected chi connectivity index (χ0v) is 15.1. The van der Waals surface area contributed by atoms with Gasteiger partial charge in [-0.3, -0.25) is 9.59 Å². The standard InChI is InChI=1S/C18H17N3O4S/c1-3-21-18(23)13-9-5-4-8-12(13)16(20-21)17(22)19-14-10-6-7-11-15(14)26(2,24)25/h4-11H,3H2,1-2H3,(H,19,22). The molecule has 1 amide bonds. The van der Waals surface area contributed by atoms with Crippen LogP contribution >= 0.6 is 0 Å². The van der Waals surface area contributed by atoms with E-state index in [1.165, 1.54) is 16.8 Å². The van der Waals surface area contributed by atoms with Gasteiger partial charge in [0.25, 0.3) is 11.5 Å². The van der Waals surface area contributed by atoms with Crippen molar-refractivity contribution in [2.45, 2.75) is 18.4 Å². The second-order valence-electron chi connectivity index (χ2n) is 5.74. The van der Waals surface area contributed by atoms with E-state index < -0.39 is 15.7 Å². The fourth-order valence-electron chi connectivity index (χ4n) is 2.69. The van der Waals surface area contributed by atoms with Crippen molar-refractivity contribution in [3.8, 4) is 0 Å². The molecule has 0 radical (unpaired) electrons. The topological polar surface area (TPSA) is 98.1 Å². The molecule has 8 heteroatoms. The minimum atomic E-state index is -3.51. The zero-order chi connectivity index (χ0) is 18.9. The van der Waals surface area contributed by atoms with Gasteiger partial charge in [-0.05, 0) is 25.1 Å². The summed E-state index contributed by atoms with van der Waals surface area (Å²) in [4.78, 5) is 25.2. The molecule has 0 unspecified atom stereocenters. The number of carbonyl (C=O) groups is 1. The van der Waals surface area contributed by atoms with E-state index in [-0.39, 0.29) is 21.8 Å². The van der Waals surface area contributed by atoms with Gasteiger partial charge in [0.05, 0.1) is 16.0 Å². The Morgan fingerprint density at radius 2 is 1.69 bits per heavy atom. The highest BCUT2D eigenvalue weighted by Crippen LogP contribution is 2.22. The number of rotatable bonds is 4. The molecule has 1 N–H and O–H groups in total. The van der Waals surface area contributed by atoms with Gasteiger partial charge in [-0.25, -0.2) is 13.1 Å². The molecule has 134 valence electrons. The van der Waals surface area contributed by atoms with Crippen molar-refractivity contribution in [1.82, 2.24) is 9.78 Å². The molecule has 0 aliphatic heterocycles. The average Bonchev–Trinajstić information content (AvgIpc) is 2.62. The Morgan fingerprint density at radius 3 is 2.35 bits per heavy atom. The molecule has 2 aromatic carbocycles. The first-order chi connectivity index (χ1) is 12.3. The number of sulfone groups is 1. The van der Waals surface area contributed by atoms with Crippen LogP contribution in [-0.2, 0) is 16.4 Å². The van der Waals surface area contributed by atoms with E-state index in [9.17, 15) is 18.0 Å². The maximum Gasteiger partial charge on any atom is 0.276 e. The van der Waals surface area contributed by atoms with Gasteiger partial charge in [0.2, 0.25) is 0 Å². The van der Waals surface area contributed by atoms with Crippen LogP contribution < -0.4 is 10.9 Å². The lowest BCUT2D eigenvalue weighted by Gasteiger charge is -2.12. The molecule has 3 aromatic rings. The number of nitrogens with one attached hydrogen (secondary N) is 1. The Balaban J connectivity index is 2.13. The Bertz CT molecular complexity index is 1170. The number of aryl methyl sites for hydroxylation is 1. The lowest BCUT2D eigenvalue weighted by Crippen LogP contribution is -2.27. The average molecular weight is 371 g/mol. The molecular weight excluding hydrogens is 354 g/mol. The van der Waals surface area contributed by atoms with Crippen molar-refractivity contribution >= 4 is 32.2 Å². The molecule has 26 heavy (non-hydrogen) atoms. The molecule has 0 spiro atoms. The second kappa shape index (κ2) is 6.72. The predicted octanol–water partition coefficient (Wildman–Crippen LogP) is 2.07. The number of benzene rings is 2. The summed E-state index contributed by atoms with van der Waals surface area (Å²) in [5.41, 5.74) is -0.0540. The monoisotopic (exact) mass is 371 g/mol. The smallest absolute Gasteiger partial charge is 0.276 e. The molecule has 0 aliphatic rings. The molecular formula is C18H17N3O4S. The lowest BCUT2D eigenvalue weighted by molar-refractivity contribution is 0.102. The summed E-state index contributed by atoms with van der Waals surface area (Å²) >= 11 is 0.